The lowest BCUT2D eigenvalue weighted by Crippen LogP contribution is -2.29. The highest BCUT2D eigenvalue weighted by atomic mass is 16.2. The van der Waals surface area contributed by atoms with E-state index in [2.05, 4.69) is 24.1 Å². The van der Waals surface area contributed by atoms with Gasteiger partial charge in [0.15, 0.2) is 0 Å². The third kappa shape index (κ3) is 4.66. The minimum Gasteiger partial charge on any atom is -0.342 e. The zero-order valence-corrected chi connectivity index (χ0v) is 11.7. The zero-order chi connectivity index (χ0) is 12.7. The van der Waals surface area contributed by atoms with Crippen molar-refractivity contribution in [2.45, 2.75) is 58.4 Å². The number of amides is 1. The van der Waals surface area contributed by atoms with Crippen molar-refractivity contribution in [1.29, 1.82) is 0 Å². The Morgan fingerprint density at radius 1 is 1.47 bits per heavy atom. The molecule has 17 heavy (non-hydrogen) atoms. The van der Waals surface area contributed by atoms with Gasteiger partial charge in [0.1, 0.15) is 0 Å². The number of likely N-dealkylation sites (tertiary alicyclic amines) is 1. The molecule has 1 N–H and O–H groups in total. The lowest BCUT2D eigenvalue weighted by molar-refractivity contribution is -0.127. The van der Waals surface area contributed by atoms with E-state index in [-0.39, 0.29) is 0 Å². The highest BCUT2D eigenvalue weighted by Crippen LogP contribution is 2.22. The number of nitrogens with one attached hydrogen (secondary N) is 1. The largest absolute Gasteiger partial charge is 0.342 e. The van der Waals surface area contributed by atoms with Crippen LogP contribution >= 0.6 is 0 Å². The molecule has 1 heterocycles. The van der Waals surface area contributed by atoms with E-state index in [0.717, 1.165) is 25.9 Å². The first kappa shape index (κ1) is 14.5. The molecule has 100 valence electrons. The SMILES string of the molecule is CCCC1CC(=O)N(CCCC(CC)NC)C1. The number of rotatable bonds is 8. The quantitative estimate of drug-likeness (QED) is 0.706. The molecule has 2 unspecified atom stereocenters. The summed E-state index contributed by atoms with van der Waals surface area (Å²) in [6.45, 7) is 6.37. The van der Waals surface area contributed by atoms with Crippen molar-refractivity contribution in [3.05, 3.63) is 0 Å². The first-order valence-electron chi connectivity index (χ1n) is 7.16. The molecule has 2 atom stereocenters. The van der Waals surface area contributed by atoms with Crippen molar-refractivity contribution in [1.82, 2.24) is 10.2 Å². The lowest BCUT2D eigenvalue weighted by Gasteiger charge is -2.19. The maximum absolute atomic E-state index is 11.8. The van der Waals surface area contributed by atoms with E-state index in [1.807, 2.05) is 7.05 Å². The summed E-state index contributed by atoms with van der Waals surface area (Å²) in [6, 6.07) is 0.610. The summed E-state index contributed by atoms with van der Waals surface area (Å²) < 4.78 is 0. The summed E-state index contributed by atoms with van der Waals surface area (Å²) in [4.78, 5) is 13.9. The van der Waals surface area contributed by atoms with Crippen LogP contribution in [0.5, 0.6) is 0 Å². The van der Waals surface area contributed by atoms with E-state index in [0.29, 0.717) is 17.9 Å². The van der Waals surface area contributed by atoms with Gasteiger partial charge >= 0.3 is 0 Å². The fraction of sp³-hybridized carbons (Fsp3) is 0.929. The van der Waals surface area contributed by atoms with Gasteiger partial charge in [-0.1, -0.05) is 20.3 Å². The van der Waals surface area contributed by atoms with E-state index in [1.165, 1.54) is 25.7 Å². The second-order valence-corrected chi connectivity index (χ2v) is 5.23. The molecule has 1 fully saturated rings. The number of nitrogens with zero attached hydrogens (tertiary/aromatic N) is 1. The fourth-order valence-electron chi connectivity index (χ4n) is 2.75. The Balaban J connectivity index is 2.21. The van der Waals surface area contributed by atoms with Crippen LogP contribution in [0.1, 0.15) is 52.4 Å². The van der Waals surface area contributed by atoms with Gasteiger partial charge in [0.05, 0.1) is 0 Å². The number of carbonyl (C=O) groups excluding carboxylic acids is 1. The van der Waals surface area contributed by atoms with Crippen molar-refractivity contribution < 1.29 is 4.79 Å². The van der Waals surface area contributed by atoms with Crippen LogP contribution in [0.15, 0.2) is 0 Å². The second kappa shape index (κ2) is 7.70. The average molecular weight is 240 g/mol. The summed E-state index contributed by atoms with van der Waals surface area (Å²) in [5.74, 6) is 1.000. The van der Waals surface area contributed by atoms with Gasteiger partial charge in [0.2, 0.25) is 5.91 Å². The summed E-state index contributed by atoms with van der Waals surface area (Å²) in [6.07, 6.45) is 6.67. The third-order valence-corrected chi connectivity index (χ3v) is 3.87. The summed E-state index contributed by atoms with van der Waals surface area (Å²) in [7, 11) is 2.02. The van der Waals surface area contributed by atoms with E-state index < -0.39 is 0 Å². The molecule has 1 rings (SSSR count). The van der Waals surface area contributed by atoms with Crippen molar-refractivity contribution in [2.24, 2.45) is 5.92 Å². The minimum atomic E-state index is 0.376. The highest BCUT2D eigenvalue weighted by molar-refractivity contribution is 5.78. The maximum atomic E-state index is 11.8. The molecule has 0 aromatic heterocycles. The molecule has 0 aliphatic carbocycles. The number of hydrogen-bond acceptors (Lipinski definition) is 2. The third-order valence-electron chi connectivity index (χ3n) is 3.87. The van der Waals surface area contributed by atoms with Gasteiger partial charge in [0, 0.05) is 25.6 Å². The molecular formula is C14H28N2O. The molecule has 0 aromatic carbocycles. The van der Waals surface area contributed by atoms with Gasteiger partial charge in [-0.05, 0) is 38.6 Å². The van der Waals surface area contributed by atoms with Crippen molar-refractivity contribution in [2.75, 3.05) is 20.1 Å². The van der Waals surface area contributed by atoms with E-state index in [4.69, 9.17) is 0 Å². The smallest absolute Gasteiger partial charge is 0.222 e. The Kier molecular flexibility index (Phi) is 6.56. The van der Waals surface area contributed by atoms with Gasteiger partial charge < -0.3 is 10.2 Å². The highest BCUT2D eigenvalue weighted by Gasteiger charge is 2.28. The molecule has 0 saturated carbocycles. The average Bonchev–Trinajstić information content (AvgIpc) is 2.66. The first-order chi connectivity index (χ1) is 8.21. The standard InChI is InChI=1S/C14H28N2O/c1-4-7-12-10-14(17)16(11-12)9-6-8-13(5-2)15-3/h12-13,15H,4-11H2,1-3H3. The van der Waals surface area contributed by atoms with Crippen molar-refractivity contribution in [3.63, 3.8) is 0 Å². The molecule has 3 heteroatoms. The van der Waals surface area contributed by atoms with Crippen molar-refractivity contribution >= 4 is 5.91 Å². The van der Waals surface area contributed by atoms with Gasteiger partial charge in [-0.2, -0.15) is 0 Å². The lowest BCUT2D eigenvalue weighted by atomic mass is 10.0. The van der Waals surface area contributed by atoms with Crippen LogP contribution in [0.25, 0.3) is 0 Å². The van der Waals surface area contributed by atoms with Gasteiger partial charge in [-0.3, -0.25) is 4.79 Å². The molecule has 1 saturated heterocycles. The molecule has 1 aliphatic rings. The molecule has 0 spiro atoms. The van der Waals surface area contributed by atoms with Crippen LogP contribution in [-0.4, -0.2) is 37.0 Å². The monoisotopic (exact) mass is 240 g/mol. The van der Waals surface area contributed by atoms with Crippen LogP contribution in [0, 0.1) is 5.92 Å². The van der Waals surface area contributed by atoms with Crippen LogP contribution < -0.4 is 5.32 Å². The van der Waals surface area contributed by atoms with E-state index in [1.54, 1.807) is 0 Å². The topological polar surface area (TPSA) is 32.3 Å². The van der Waals surface area contributed by atoms with Gasteiger partial charge in [0.25, 0.3) is 0 Å². The summed E-state index contributed by atoms with van der Waals surface area (Å²) in [5.41, 5.74) is 0. The number of hydrogen-bond donors (Lipinski definition) is 1. The fourth-order valence-corrected chi connectivity index (χ4v) is 2.75. The van der Waals surface area contributed by atoms with Gasteiger partial charge in [-0.15, -0.1) is 0 Å². The second-order valence-electron chi connectivity index (χ2n) is 5.23. The van der Waals surface area contributed by atoms with Crippen LogP contribution in [0.2, 0.25) is 0 Å². The Hall–Kier alpha value is -0.570. The van der Waals surface area contributed by atoms with E-state index >= 15 is 0 Å². The minimum absolute atomic E-state index is 0.376. The Bertz CT molecular complexity index is 226. The Morgan fingerprint density at radius 2 is 2.24 bits per heavy atom. The Labute approximate surface area is 106 Å². The predicted molar refractivity (Wildman–Crippen MR) is 72.0 cm³/mol. The molecule has 0 radical (unpaired) electrons. The molecule has 1 amide bonds. The van der Waals surface area contributed by atoms with E-state index in [9.17, 15) is 4.79 Å². The molecule has 0 aromatic rings. The summed E-state index contributed by atoms with van der Waals surface area (Å²) in [5, 5.41) is 3.31. The van der Waals surface area contributed by atoms with Crippen molar-refractivity contribution in [3.8, 4) is 0 Å². The molecule has 1 aliphatic heterocycles. The summed E-state index contributed by atoms with van der Waals surface area (Å²) >= 11 is 0. The van der Waals surface area contributed by atoms with Crippen LogP contribution in [-0.2, 0) is 4.79 Å². The molecule has 0 bridgehead atoms. The maximum Gasteiger partial charge on any atom is 0.222 e. The molecule has 3 nitrogen and oxygen atoms in total. The first-order valence-corrected chi connectivity index (χ1v) is 7.16. The normalized spacial score (nSPS) is 22.2. The Morgan fingerprint density at radius 3 is 2.82 bits per heavy atom. The number of carbonyl (C=O) groups is 1. The zero-order valence-electron chi connectivity index (χ0n) is 11.7. The van der Waals surface area contributed by atoms with Crippen LogP contribution in [0.4, 0.5) is 0 Å². The van der Waals surface area contributed by atoms with Crippen LogP contribution in [0.3, 0.4) is 0 Å². The van der Waals surface area contributed by atoms with Gasteiger partial charge in [-0.25, -0.2) is 0 Å². The predicted octanol–water partition coefficient (Wildman–Crippen LogP) is 2.41. The molecular weight excluding hydrogens is 212 g/mol.